The first-order chi connectivity index (χ1) is 13.9. The van der Waals surface area contributed by atoms with Crippen molar-refractivity contribution in [3.8, 4) is 0 Å². The van der Waals surface area contributed by atoms with Gasteiger partial charge in [-0.05, 0) is 83.8 Å². The molecule has 0 N–H and O–H groups in total. The van der Waals surface area contributed by atoms with Crippen LogP contribution in [0.2, 0.25) is 0 Å². The van der Waals surface area contributed by atoms with E-state index in [2.05, 4.69) is 114 Å². The highest BCUT2D eigenvalue weighted by Gasteiger charge is 2.09. The van der Waals surface area contributed by atoms with Crippen LogP contribution in [-0.4, -0.2) is 0 Å². The van der Waals surface area contributed by atoms with Crippen LogP contribution in [0.25, 0.3) is 0 Å². The second-order valence-corrected chi connectivity index (χ2v) is 11.1. The summed E-state index contributed by atoms with van der Waals surface area (Å²) >= 11 is 3.23. The molecule has 30 heavy (non-hydrogen) atoms. The van der Waals surface area contributed by atoms with E-state index < -0.39 is 7.92 Å². The maximum Gasteiger partial charge on any atom is -0.0123 e. The van der Waals surface area contributed by atoms with E-state index in [1.165, 1.54) is 31.8 Å². The molecule has 0 rings (SSSR count). The number of allylic oxidation sites excluding steroid dienone is 12. The normalized spacial score (nSPS) is 13.9. The van der Waals surface area contributed by atoms with E-state index >= 15 is 0 Å². The zero-order valence-electron chi connectivity index (χ0n) is 21.9. The zero-order chi connectivity index (χ0) is 24.3. The van der Waals surface area contributed by atoms with Crippen LogP contribution in [0.1, 0.15) is 89.5 Å². The standard InChI is InChI=1S/C22H35P.C4H7Br.C2H6/c1-10-11-12-23(21(8)15-19(6)13-17(2)3)22(9)16-20(7)14-18(4)5;1-3-4(2)5;1-2/h11-16,18H,8,10H2,1-7,9H3;3H,1-2H3;1-2H3/b12-11+,19-15-,20-14-,22-16+;4-3+;. The van der Waals surface area contributed by atoms with E-state index in [1.807, 2.05) is 33.8 Å². The zero-order valence-corrected chi connectivity index (χ0v) is 24.3. The van der Waals surface area contributed by atoms with Gasteiger partial charge in [-0.2, -0.15) is 0 Å². The monoisotopic (exact) mass is 494 g/mol. The molecule has 0 aromatic carbocycles. The molecule has 1 unspecified atom stereocenters. The van der Waals surface area contributed by atoms with E-state index in [4.69, 9.17) is 0 Å². The first kappa shape index (κ1) is 33.7. The third-order valence-electron chi connectivity index (χ3n) is 3.52. The Morgan fingerprint density at radius 2 is 1.43 bits per heavy atom. The lowest BCUT2D eigenvalue weighted by molar-refractivity contribution is 0.825. The van der Waals surface area contributed by atoms with Crippen LogP contribution in [-0.2, 0) is 0 Å². The first-order valence-electron chi connectivity index (χ1n) is 11.1. The molecule has 0 aliphatic rings. The Kier molecular flexibility index (Phi) is 24.0. The van der Waals surface area contributed by atoms with Gasteiger partial charge in [0.05, 0.1) is 0 Å². The fourth-order valence-corrected chi connectivity index (χ4v) is 4.44. The minimum Gasteiger partial charge on any atom is -0.0907 e. The van der Waals surface area contributed by atoms with Gasteiger partial charge in [-0.1, -0.05) is 116 Å². The van der Waals surface area contributed by atoms with Gasteiger partial charge in [0.2, 0.25) is 0 Å². The van der Waals surface area contributed by atoms with Gasteiger partial charge in [-0.15, -0.1) is 0 Å². The van der Waals surface area contributed by atoms with Gasteiger partial charge in [-0.3, -0.25) is 0 Å². The molecule has 0 aliphatic carbocycles. The smallest absolute Gasteiger partial charge is 0.0123 e. The molecule has 1 atom stereocenters. The average molecular weight is 496 g/mol. The van der Waals surface area contributed by atoms with Gasteiger partial charge < -0.3 is 0 Å². The van der Waals surface area contributed by atoms with Crippen molar-refractivity contribution in [1.29, 1.82) is 0 Å². The third kappa shape index (κ3) is 21.8. The Hall–Kier alpha value is -0.910. The van der Waals surface area contributed by atoms with Crippen LogP contribution in [0.3, 0.4) is 0 Å². The van der Waals surface area contributed by atoms with E-state index in [0.29, 0.717) is 5.92 Å². The summed E-state index contributed by atoms with van der Waals surface area (Å²) in [5, 5.41) is 2.62. The van der Waals surface area contributed by atoms with Gasteiger partial charge in [0.25, 0.3) is 0 Å². The van der Waals surface area contributed by atoms with Crippen LogP contribution < -0.4 is 0 Å². The highest BCUT2D eigenvalue weighted by atomic mass is 79.9. The Bertz CT molecular complexity index is 644. The fourth-order valence-electron chi connectivity index (χ4n) is 2.45. The Morgan fingerprint density at radius 3 is 1.80 bits per heavy atom. The highest BCUT2D eigenvalue weighted by molar-refractivity contribution is 9.11. The second kappa shape index (κ2) is 21.3. The molecule has 0 amide bonds. The lowest BCUT2D eigenvalue weighted by Gasteiger charge is -2.16. The Balaban J connectivity index is -0.000000901. The summed E-state index contributed by atoms with van der Waals surface area (Å²) in [5.74, 6) is 2.93. The number of hydrogen-bond acceptors (Lipinski definition) is 0. The third-order valence-corrected chi connectivity index (χ3v) is 6.12. The minimum absolute atomic E-state index is 0.464. The first-order valence-corrected chi connectivity index (χ1v) is 13.3. The lowest BCUT2D eigenvalue weighted by atomic mass is 10.1. The molecule has 2 heteroatoms. The lowest BCUT2D eigenvalue weighted by Crippen LogP contribution is -1.84. The second-order valence-electron chi connectivity index (χ2n) is 7.58. The van der Waals surface area contributed by atoms with E-state index in [0.717, 1.165) is 6.42 Å². The van der Waals surface area contributed by atoms with Gasteiger partial charge in [0.1, 0.15) is 0 Å². The summed E-state index contributed by atoms with van der Waals surface area (Å²) in [6, 6.07) is 0. The molecule has 0 nitrogen and oxygen atoms in total. The Labute approximate surface area is 199 Å². The number of rotatable bonds is 8. The van der Waals surface area contributed by atoms with Crippen LogP contribution in [0.5, 0.6) is 0 Å². The maximum atomic E-state index is 4.36. The van der Waals surface area contributed by atoms with Crippen molar-refractivity contribution in [2.24, 2.45) is 5.92 Å². The maximum absolute atomic E-state index is 4.36. The van der Waals surface area contributed by atoms with Crippen LogP contribution in [0.15, 0.2) is 80.7 Å². The van der Waals surface area contributed by atoms with Crippen LogP contribution in [0.4, 0.5) is 0 Å². The van der Waals surface area contributed by atoms with E-state index in [9.17, 15) is 0 Å². The largest absolute Gasteiger partial charge is 0.0907 e. The van der Waals surface area contributed by atoms with E-state index in [-0.39, 0.29) is 0 Å². The number of halogens is 1. The van der Waals surface area contributed by atoms with Crippen molar-refractivity contribution in [3.63, 3.8) is 0 Å². The van der Waals surface area contributed by atoms with Crippen molar-refractivity contribution in [3.05, 3.63) is 80.7 Å². The molecular weight excluding hydrogens is 447 g/mol. The van der Waals surface area contributed by atoms with Crippen molar-refractivity contribution in [2.45, 2.75) is 89.5 Å². The Morgan fingerprint density at radius 1 is 0.933 bits per heavy atom. The minimum atomic E-state index is -0.464. The summed E-state index contributed by atoms with van der Waals surface area (Å²) in [7, 11) is -0.464. The molecule has 0 aromatic heterocycles. The summed E-state index contributed by atoms with van der Waals surface area (Å²) < 4.78 is 1.19. The topological polar surface area (TPSA) is 0 Å². The average Bonchev–Trinajstić information content (AvgIpc) is 2.62. The quantitative estimate of drug-likeness (QED) is 0.232. The van der Waals surface area contributed by atoms with Gasteiger partial charge in [0.15, 0.2) is 0 Å². The fraction of sp³-hybridized carbons (Fsp3) is 0.500. The SMILES string of the molecule is C/C=C(\C)Br.C=C(/C=C(/C)C=C(C)C)P(/C=C/CC)/C(C)=C/C(C)=C\C(C)C.CC. The summed E-state index contributed by atoms with van der Waals surface area (Å²) in [6.07, 6.45) is 14.4. The molecule has 0 spiro atoms. The molecule has 0 bridgehead atoms. The highest BCUT2D eigenvalue weighted by Crippen LogP contribution is 2.54. The molecule has 0 aliphatic heterocycles. The predicted octanol–water partition coefficient (Wildman–Crippen LogP) is 11.7. The molecular formula is C28H48BrP. The predicted molar refractivity (Wildman–Crippen MR) is 151 cm³/mol. The molecule has 0 saturated carbocycles. The van der Waals surface area contributed by atoms with Crippen molar-refractivity contribution in [2.75, 3.05) is 0 Å². The van der Waals surface area contributed by atoms with Crippen molar-refractivity contribution >= 4 is 23.9 Å². The molecule has 0 saturated heterocycles. The summed E-state index contributed by atoms with van der Waals surface area (Å²) in [6.45, 7) is 29.8. The van der Waals surface area contributed by atoms with Gasteiger partial charge in [-0.25, -0.2) is 0 Å². The molecule has 0 aromatic rings. The van der Waals surface area contributed by atoms with E-state index in [1.54, 1.807) is 0 Å². The van der Waals surface area contributed by atoms with Gasteiger partial charge >= 0.3 is 0 Å². The van der Waals surface area contributed by atoms with Crippen LogP contribution >= 0.6 is 23.9 Å². The van der Waals surface area contributed by atoms with Gasteiger partial charge in [0, 0.05) is 0 Å². The van der Waals surface area contributed by atoms with Crippen molar-refractivity contribution in [1.82, 2.24) is 0 Å². The summed E-state index contributed by atoms with van der Waals surface area (Å²) in [4.78, 5) is 0. The molecule has 0 heterocycles. The molecule has 0 fully saturated rings. The van der Waals surface area contributed by atoms with Crippen LogP contribution in [0, 0.1) is 5.92 Å². The van der Waals surface area contributed by atoms with Crippen molar-refractivity contribution < 1.29 is 0 Å². The summed E-state index contributed by atoms with van der Waals surface area (Å²) in [5.41, 5.74) is 3.94. The molecule has 172 valence electrons. The molecule has 0 radical (unpaired) electrons. The number of hydrogen-bond donors (Lipinski definition) is 0.